The highest BCUT2D eigenvalue weighted by Gasteiger charge is 2.28. The fourth-order valence-electron chi connectivity index (χ4n) is 2.54. The molecule has 0 fully saturated rings. The smallest absolute Gasteiger partial charge is 0.388 e. The van der Waals surface area contributed by atoms with Crippen LogP contribution >= 0.6 is 0 Å². The minimum Gasteiger partial charge on any atom is -0.388 e. The van der Waals surface area contributed by atoms with Gasteiger partial charge in [0.05, 0.1) is 6.10 Å². The maximum absolute atomic E-state index is 12.2. The Bertz CT molecular complexity index is 776. The molecular formula is C16H14F3NO. The third kappa shape index (κ3) is 2.88. The van der Waals surface area contributed by atoms with E-state index in [4.69, 9.17) is 0 Å². The first kappa shape index (κ1) is 13.9. The van der Waals surface area contributed by atoms with Crippen molar-refractivity contribution in [3.05, 3.63) is 48.0 Å². The van der Waals surface area contributed by atoms with Crippen LogP contribution in [0.4, 0.5) is 13.2 Å². The molecule has 1 aromatic heterocycles. The van der Waals surface area contributed by atoms with Gasteiger partial charge in [0, 0.05) is 28.2 Å². The lowest BCUT2D eigenvalue weighted by molar-refractivity contribution is -0.140. The van der Waals surface area contributed by atoms with Crippen LogP contribution in [0.15, 0.2) is 42.5 Å². The molecule has 0 spiro atoms. The standard InChI is InChI=1S/C16H14F3NO/c17-16(18,19)8-7-15(21)10-5-6-14-12(9-10)11-3-1-2-4-13(11)20-14/h1-6,9,15,20-21H,7-8H2. The summed E-state index contributed by atoms with van der Waals surface area (Å²) in [5.41, 5.74) is 2.38. The Hall–Kier alpha value is -2.01. The molecule has 3 aromatic rings. The van der Waals surface area contributed by atoms with Crippen LogP contribution in [0.3, 0.4) is 0 Å². The van der Waals surface area contributed by atoms with Gasteiger partial charge in [-0.25, -0.2) is 0 Å². The zero-order valence-electron chi connectivity index (χ0n) is 11.1. The molecule has 0 aliphatic carbocycles. The molecule has 1 atom stereocenters. The van der Waals surface area contributed by atoms with Crippen LogP contribution in [0.5, 0.6) is 0 Å². The van der Waals surface area contributed by atoms with E-state index in [2.05, 4.69) is 4.98 Å². The summed E-state index contributed by atoms with van der Waals surface area (Å²) >= 11 is 0. The summed E-state index contributed by atoms with van der Waals surface area (Å²) in [6, 6.07) is 12.9. The molecule has 5 heteroatoms. The molecule has 0 bridgehead atoms. The van der Waals surface area contributed by atoms with Crippen LogP contribution in [-0.2, 0) is 0 Å². The molecule has 2 aromatic carbocycles. The predicted molar refractivity (Wildman–Crippen MR) is 76.1 cm³/mol. The molecule has 21 heavy (non-hydrogen) atoms. The summed E-state index contributed by atoms with van der Waals surface area (Å²) < 4.78 is 36.7. The van der Waals surface area contributed by atoms with E-state index in [1.54, 1.807) is 18.2 Å². The highest BCUT2D eigenvalue weighted by atomic mass is 19.4. The minimum absolute atomic E-state index is 0.322. The van der Waals surface area contributed by atoms with E-state index in [-0.39, 0.29) is 6.42 Å². The summed E-state index contributed by atoms with van der Waals surface area (Å²) in [5, 5.41) is 11.9. The number of aliphatic hydroxyl groups is 1. The van der Waals surface area contributed by atoms with Gasteiger partial charge in [-0.2, -0.15) is 13.2 Å². The van der Waals surface area contributed by atoms with Crippen molar-refractivity contribution in [2.75, 3.05) is 0 Å². The van der Waals surface area contributed by atoms with Gasteiger partial charge in [0.2, 0.25) is 0 Å². The monoisotopic (exact) mass is 293 g/mol. The predicted octanol–water partition coefficient (Wildman–Crippen LogP) is 4.70. The summed E-state index contributed by atoms with van der Waals surface area (Å²) in [4.78, 5) is 3.24. The number of hydrogen-bond acceptors (Lipinski definition) is 1. The Morgan fingerprint density at radius 2 is 1.71 bits per heavy atom. The van der Waals surface area contributed by atoms with Crippen molar-refractivity contribution < 1.29 is 18.3 Å². The van der Waals surface area contributed by atoms with E-state index in [1.807, 2.05) is 24.3 Å². The number of fused-ring (bicyclic) bond motifs is 3. The number of nitrogens with one attached hydrogen (secondary N) is 1. The Labute approximate surface area is 119 Å². The van der Waals surface area contributed by atoms with E-state index < -0.39 is 18.7 Å². The van der Waals surface area contributed by atoms with Crippen molar-refractivity contribution in [3.63, 3.8) is 0 Å². The molecule has 0 aliphatic heterocycles. The Morgan fingerprint density at radius 1 is 1.00 bits per heavy atom. The molecular weight excluding hydrogens is 279 g/mol. The molecule has 0 saturated carbocycles. The lowest BCUT2D eigenvalue weighted by atomic mass is 10.0. The summed E-state index contributed by atoms with van der Waals surface area (Å²) in [6.45, 7) is 0. The number of alkyl halides is 3. The van der Waals surface area contributed by atoms with Gasteiger partial charge in [0.25, 0.3) is 0 Å². The molecule has 2 N–H and O–H groups in total. The van der Waals surface area contributed by atoms with Gasteiger partial charge >= 0.3 is 6.18 Å². The lowest BCUT2D eigenvalue weighted by Crippen LogP contribution is -2.10. The Kier molecular flexibility index (Phi) is 3.37. The number of benzene rings is 2. The number of aromatic amines is 1. The number of aromatic nitrogens is 1. The number of aliphatic hydroxyl groups excluding tert-OH is 1. The topological polar surface area (TPSA) is 36.0 Å². The third-order valence-corrected chi connectivity index (χ3v) is 3.62. The van der Waals surface area contributed by atoms with Crippen LogP contribution in [-0.4, -0.2) is 16.3 Å². The third-order valence-electron chi connectivity index (χ3n) is 3.62. The van der Waals surface area contributed by atoms with E-state index >= 15 is 0 Å². The van der Waals surface area contributed by atoms with Gasteiger partial charge in [0.15, 0.2) is 0 Å². The zero-order valence-corrected chi connectivity index (χ0v) is 11.1. The number of halogens is 3. The first-order valence-corrected chi connectivity index (χ1v) is 6.69. The summed E-state index contributed by atoms with van der Waals surface area (Å²) in [5.74, 6) is 0. The van der Waals surface area contributed by atoms with Crippen molar-refractivity contribution in [1.29, 1.82) is 0 Å². The largest absolute Gasteiger partial charge is 0.389 e. The van der Waals surface area contributed by atoms with Gasteiger partial charge in [0.1, 0.15) is 0 Å². The fourth-order valence-corrected chi connectivity index (χ4v) is 2.54. The van der Waals surface area contributed by atoms with Gasteiger partial charge in [-0.3, -0.25) is 0 Å². The average Bonchev–Trinajstić information content (AvgIpc) is 2.81. The van der Waals surface area contributed by atoms with Gasteiger partial charge < -0.3 is 10.1 Å². The molecule has 3 rings (SSSR count). The van der Waals surface area contributed by atoms with Gasteiger partial charge in [-0.05, 0) is 30.2 Å². The maximum atomic E-state index is 12.2. The highest BCUT2D eigenvalue weighted by molar-refractivity contribution is 6.07. The summed E-state index contributed by atoms with van der Waals surface area (Å²) in [7, 11) is 0. The lowest BCUT2D eigenvalue weighted by Gasteiger charge is -2.12. The van der Waals surface area contributed by atoms with Crippen LogP contribution < -0.4 is 0 Å². The number of rotatable bonds is 3. The van der Waals surface area contributed by atoms with Crippen molar-refractivity contribution >= 4 is 21.8 Å². The minimum atomic E-state index is -4.24. The van der Waals surface area contributed by atoms with Crippen molar-refractivity contribution in [3.8, 4) is 0 Å². The SMILES string of the molecule is OC(CCC(F)(F)F)c1ccc2[nH]c3ccccc3c2c1. The number of hydrogen-bond donors (Lipinski definition) is 2. The van der Waals surface area contributed by atoms with E-state index in [9.17, 15) is 18.3 Å². The molecule has 1 heterocycles. The average molecular weight is 293 g/mol. The second kappa shape index (κ2) is 5.07. The first-order chi connectivity index (χ1) is 9.94. The summed E-state index contributed by atoms with van der Waals surface area (Å²) in [6.07, 6.45) is -6.66. The number of H-pyrrole nitrogens is 1. The van der Waals surface area contributed by atoms with Crippen LogP contribution in [0.25, 0.3) is 21.8 Å². The van der Waals surface area contributed by atoms with E-state index in [0.717, 1.165) is 21.8 Å². The molecule has 1 unspecified atom stereocenters. The molecule has 0 radical (unpaired) electrons. The first-order valence-electron chi connectivity index (χ1n) is 6.69. The number of para-hydroxylation sites is 1. The normalized spacial score (nSPS) is 13.9. The highest BCUT2D eigenvalue weighted by Crippen LogP contribution is 2.31. The van der Waals surface area contributed by atoms with Crippen molar-refractivity contribution in [2.24, 2.45) is 0 Å². The maximum Gasteiger partial charge on any atom is 0.389 e. The van der Waals surface area contributed by atoms with Crippen molar-refractivity contribution in [1.82, 2.24) is 4.98 Å². The van der Waals surface area contributed by atoms with Crippen LogP contribution in [0.1, 0.15) is 24.5 Å². The van der Waals surface area contributed by atoms with E-state index in [1.165, 1.54) is 0 Å². The van der Waals surface area contributed by atoms with Crippen molar-refractivity contribution in [2.45, 2.75) is 25.1 Å². The quantitative estimate of drug-likeness (QED) is 0.721. The van der Waals surface area contributed by atoms with Crippen LogP contribution in [0, 0.1) is 0 Å². The second-order valence-electron chi connectivity index (χ2n) is 5.15. The Morgan fingerprint density at radius 3 is 2.48 bits per heavy atom. The molecule has 2 nitrogen and oxygen atoms in total. The molecule has 110 valence electrons. The molecule has 0 saturated heterocycles. The second-order valence-corrected chi connectivity index (χ2v) is 5.15. The zero-order chi connectivity index (χ0) is 15.0. The van der Waals surface area contributed by atoms with Gasteiger partial charge in [-0.15, -0.1) is 0 Å². The van der Waals surface area contributed by atoms with Crippen LogP contribution in [0.2, 0.25) is 0 Å². The van der Waals surface area contributed by atoms with Gasteiger partial charge in [-0.1, -0.05) is 24.3 Å². The Balaban J connectivity index is 1.94. The fraction of sp³-hybridized carbons (Fsp3) is 0.250. The van der Waals surface area contributed by atoms with E-state index in [0.29, 0.717) is 5.56 Å². The molecule has 0 aliphatic rings. The molecule has 0 amide bonds.